The summed E-state index contributed by atoms with van der Waals surface area (Å²) in [4.78, 5) is 23.7. The van der Waals surface area contributed by atoms with Gasteiger partial charge in [0.25, 0.3) is 0 Å². The maximum atomic E-state index is 13.9. The summed E-state index contributed by atoms with van der Waals surface area (Å²) in [6, 6.07) is 12.0. The number of carbonyl (C=O) groups excluding carboxylic acids is 1. The van der Waals surface area contributed by atoms with Crippen molar-refractivity contribution in [1.29, 1.82) is 0 Å². The van der Waals surface area contributed by atoms with Crippen LogP contribution < -0.4 is 18.9 Å². The fourth-order valence-corrected chi connectivity index (χ4v) is 10.8. The first-order chi connectivity index (χ1) is 18.4. The summed E-state index contributed by atoms with van der Waals surface area (Å²) < 4.78 is 26.8. The van der Waals surface area contributed by atoms with Crippen molar-refractivity contribution in [3.05, 3.63) is 47.5 Å². The van der Waals surface area contributed by atoms with Gasteiger partial charge in [0, 0.05) is 0 Å². The van der Waals surface area contributed by atoms with Crippen LogP contribution in [-0.4, -0.2) is 71.7 Å². The normalized spacial score (nSPS) is 18.4. The van der Waals surface area contributed by atoms with E-state index in [1.54, 1.807) is 0 Å². The molecule has 2 radical (unpaired) electrons. The van der Waals surface area contributed by atoms with E-state index in [2.05, 4.69) is 19.8 Å². The van der Waals surface area contributed by atoms with Crippen molar-refractivity contribution in [3.63, 3.8) is 0 Å². The van der Waals surface area contributed by atoms with Gasteiger partial charge in [0.2, 0.25) is 0 Å². The molecule has 2 unspecified atom stereocenters. The summed E-state index contributed by atoms with van der Waals surface area (Å²) in [5.74, 6) is 3.19. The Balaban J connectivity index is 1.38. The van der Waals surface area contributed by atoms with Gasteiger partial charge in [0.05, 0.1) is 0 Å². The molecule has 2 heterocycles. The monoisotopic (exact) mass is 736 g/mol. The first kappa shape index (κ1) is 29.9. The Morgan fingerprint density at radius 1 is 0.737 bits per heavy atom. The van der Waals surface area contributed by atoms with Crippen molar-refractivity contribution in [3.8, 4) is 23.0 Å². The molecule has 0 saturated carbocycles. The zero-order chi connectivity index (χ0) is 26.9. The molecule has 2 aliphatic rings. The minimum absolute atomic E-state index is 0.163. The van der Waals surface area contributed by atoms with Crippen molar-refractivity contribution < 1.29 is 23.7 Å². The number of hydrogen-bond acceptors (Lipinski definition) is 5. The van der Waals surface area contributed by atoms with Gasteiger partial charge in [-0.2, -0.15) is 0 Å². The molecule has 4 rings (SSSR count). The maximum absolute atomic E-state index is 13.9. The molecule has 2 atom stereocenters. The second-order valence-corrected chi connectivity index (χ2v) is 27.8. The van der Waals surface area contributed by atoms with E-state index >= 15 is 0 Å². The van der Waals surface area contributed by atoms with Gasteiger partial charge >= 0.3 is 245 Å². The molecule has 7 heteroatoms. The molecule has 0 fully saturated rings. The Kier molecular flexibility index (Phi) is 11.8. The molecule has 2 aromatic carbocycles. The van der Waals surface area contributed by atoms with Gasteiger partial charge in [0.15, 0.2) is 0 Å². The van der Waals surface area contributed by atoms with Crippen molar-refractivity contribution in [1.82, 2.24) is 0 Å². The second kappa shape index (κ2) is 15.1. The molecule has 0 aliphatic carbocycles. The van der Waals surface area contributed by atoms with E-state index in [0.717, 1.165) is 60.2 Å². The molecule has 2 aromatic rings. The van der Waals surface area contributed by atoms with E-state index < -0.39 is 39.5 Å². The third-order valence-corrected chi connectivity index (χ3v) is 15.1. The molecule has 2 aliphatic heterocycles. The molecule has 0 saturated heterocycles. The quantitative estimate of drug-likeness (QED) is 0.149. The first-order valence-corrected chi connectivity index (χ1v) is 29.8. The van der Waals surface area contributed by atoms with Crippen molar-refractivity contribution in [2.45, 2.75) is 79.0 Å². The first-order valence-electron chi connectivity index (χ1n) is 14.3. The SMILES string of the molecule is [CH3][Sn]([CH3])[CH2]CCCOc1ccc2c(c1)OCCC2C(=O)C1CCOc2cc(OCCC[CH2][Sn]([CH3])[CH3])ccc21. The zero-order valence-electron chi connectivity index (χ0n) is 23.6. The topological polar surface area (TPSA) is 54.0 Å². The van der Waals surface area contributed by atoms with E-state index in [-0.39, 0.29) is 17.6 Å². The van der Waals surface area contributed by atoms with E-state index in [4.69, 9.17) is 18.9 Å². The van der Waals surface area contributed by atoms with E-state index in [1.807, 2.05) is 36.4 Å². The predicted molar refractivity (Wildman–Crippen MR) is 158 cm³/mol. The molecular formula is C31H44O5Sn2. The Labute approximate surface area is 243 Å². The average Bonchev–Trinajstić information content (AvgIpc) is 2.91. The van der Waals surface area contributed by atoms with Crippen molar-refractivity contribution in [2.75, 3.05) is 26.4 Å². The average molecular weight is 734 g/mol. The Morgan fingerprint density at radius 2 is 1.18 bits per heavy atom. The van der Waals surface area contributed by atoms with Gasteiger partial charge in [-0.1, -0.05) is 0 Å². The van der Waals surface area contributed by atoms with Gasteiger partial charge in [-0.3, -0.25) is 0 Å². The van der Waals surface area contributed by atoms with E-state index in [9.17, 15) is 4.79 Å². The van der Waals surface area contributed by atoms with Crippen LogP contribution in [0.2, 0.25) is 28.6 Å². The van der Waals surface area contributed by atoms with Crippen molar-refractivity contribution >= 4 is 45.3 Å². The van der Waals surface area contributed by atoms with Gasteiger partial charge < -0.3 is 0 Å². The molecule has 5 nitrogen and oxygen atoms in total. The molecule has 0 amide bonds. The third-order valence-electron chi connectivity index (χ3n) is 7.42. The summed E-state index contributed by atoms with van der Waals surface area (Å²) in [5.41, 5.74) is 1.97. The minimum atomic E-state index is -0.993. The summed E-state index contributed by atoms with van der Waals surface area (Å²) in [5, 5.41) is 0. The number of ketones is 1. The van der Waals surface area contributed by atoms with Crippen LogP contribution in [0.25, 0.3) is 0 Å². The number of hydrogen-bond donors (Lipinski definition) is 0. The van der Waals surface area contributed by atoms with Gasteiger partial charge in [-0.25, -0.2) is 0 Å². The molecular weight excluding hydrogens is 690 g/mol. The second-order valence-electron chi connectivity index (χ2n) is 11.2. The molecule has 0 aromatic heterocycles. The Bertz CT molecular complexity index is 973. The molecule has 206 valence electrons. The number of unbranched alkanes of at least 4 members (excludes halogenated alkanes) is 2. The van der Waals surface area contributed by atoms with Crippen LogP contribution in [0.4, 0.5) is 0 Å². The van der Waals surface area contributed by atoms with Gasteiger partial charge in [-0.05, 0) is 0 Å². The predicted octanol–water partition coefficient (Wildman–Crippen LogP) is 7.51. The summed E-state index contributed by atoms with van der Waals surface area (Å²) in [6.07, 6.45) is 6.14. The number of rotatable bonds is 14. The van der Waals surface area contributed by atoms with Crippen molar-refractivity contribution in [2.24, 2.45) is 0 Å². The number of carbonyl (C=O) groups is 1. The molecule has 0 bridgehead atoms. The Hall–Kier alpha value is -1.09. The van der Waals surface area contributed by atoms with Crippen LogP contribution in [-0.2, 0) is 4.79 Å². The number of benzene rings is 2. The van der Waals surface area contributed by atoms with Crippen LogP contribution in [0.5, 0.6) is 23.0 Å². The van der Waals surface area contributed by atoms with Crippen LogP contribution >= 0.6 is 0 Å². The zero-order valence-corrected chi connectivity index (χ0v) is 29.4. The van der Waals surface area contributed by atoms with Crippen LogP contribution in [0.3, 0.4) is 0 Å². The van der Waals surface area contributed by atoms with Crippen LogP contribution in [0.15, 0.2) is 36.4 Å². The summed E-state index contributed by atoms with van der Waals surface area (Å²) in [7, 11) is 0. The van der Waals surface area contributed by atoms with Gasteiger partial charge in [-0.15, -0.1) is 0 Å². The summed E-state index contributed by atoms with van der Waals surface area (Å²) >= 11 is -1.99. The summed E-state index contributed by atoms with van der Waals surface area (Å²) in [6.45, 7) is 2.58. The number of fused-ring (bicyclic) bond motifs is 2. The molecule has 0 N–H and O–H groups in total. The molecule has 38 heavy (non-hydrogen) atoms. The van der Waals surface area contributed by atoms with E-state index in [0.29, 0.717) is 26.1 Å². The number of ether oxygens (including phenoxy) is 4. The van der Waals surface area contributed by atoms with Crippen LogP contribution in [0.1, 0.15) is 61.5 Å². The van der Waals surface area contributed by atoms with E-state index in [1.165, 1.54) is 21.7 Å². The van der Waals surface area contributed by atoms with Crippen LogP contribution in [0, 0.1) is 0 Å². The van der Waals surface area contributed by atoms with Gasteiger partial charge in [0.1, 0.15) is 0 Å². The fraction of sp³-hybridized carbons (Fsp3) is 0.581. The Morgan fingerprint density at radius 3 is 1.61 bits per heavy atom. The molecule has 0 spiro atoms. The fourth-order valence-electron chi connectivity index (χ4n) is 5.29. The third kappa shape index (κ3) is 8.45. The number of Topliss-reactive ketones (excluding diaryl/α,β-unsaturated/α-hetero) is 1. The standard InChI is InChI=1S/C27H32O5.4CH3.2Sn/c1-3-5-13-29-19-7-9-21-23(11-15-31-25(21)17-19)27(28)24-12-16-32-26-18-20(8-10-22(24)26)30-14-6-4-2;;;;;;/h7-10,17-18,23-24H,1-6,11-16H2;4*1H3;;.